The van der Waals surface area contributed by atoms with Crippen molar-refractivity contribution in [1.82, 2.24) is 4.98 Å². The maximum atomic E-state index is 11.6. The Balaban J connectivity index is 2.71. The molecule has 0 aliphatic heterocycles. The summed E-state index contributed by atoms with van der Waals surface area (Å²) in [5.41, 5.74) is 6.13. The van der Waals surface area contributed by atoms with E-state index in [0.29, 0.717) is 11.6 Å². The molecule has 0 saturated heterocycles. The summed E-state index contributed by atoms with van der Waals surface area (Å²) in [6.45, 7) is 7.23. The second-order valence-corrected chi connectivity index (χ2v) is 6.24. The highest BCUT2D eigenvalue weighted by Gasteiger charge is 2.19. The molecule has 7 heteroatoms. The van der Waals surface area contributed by atoms with Crippen LogP contribution in [0, 0.1) is 6.92 Å². The predicted octanol–water partition coefficient (Wildman–Crippen LogP) is 2.18. The van der Waals surface area contributed by atoms with Gasteiger partial charge in [0.1, 0.15) is 5.60 Å². The minimum atomic E-state index is -0.549. The van der Waals surface area contributed by atoms with Crippen molar-refractivity contribution in [2.45, 2.75) is 45.8 Å². The number of nitrogens with one attached hydrogen (secondary N) is 1. The Morgan fingerprint density at radius 2 is 2.21 bits per heavy atom. The maximum Gasteiger partial charge on any atom is 0.413 e. The van der Waals surface area contributed by atoms with Crippen molar-refractivity contribution in [2.75, 3.05) is 11.9 Å². The molecule has 1 atom stereocenters. The van der Waals surface area contributed by atoms with E-state index in [-0.39, 0.29) is 12.6 Å². The molecular formula is C12H21N3O3S. The zero-order valence-corrected chi connectivity index (χ0v) is 12.5. The number of hydrogen-bond acceptors (Lipinski definition) is 6. The van der Waals surface area contributed by atoms with Gasteiger partial charge in [-0.25, -0.2) is 9.78 Å². The number of carbonyl (C=O) groups excluding carboxylic acids is 1. The molecule has 1 rings (SSSR count). The third kappa shape index (κ3) is 5.14. The third-order valence-electron chi connectivity index (χ3n) is 2.22. The summed E-state index contributed by atoms with van der Waals surface area (Å²) in [5.74, 6) is 0. The molecule has 0 bridgehead atoms. The summed E-state index contributed by atoms with van der Waals surface area (Å²) in [4.78, 5) is 16.7. The van der Waals surface area contributed by atoms with Crippen LogP contribution in [0.1, 0.15) is 43.8 Å². The number of ether oxygens (including phenoxy) is 1. The Kier molecular flexibility index (Phi) is 5.28. The molecule has 4 N–H and O–H groups in total. The highest BCUT2D eigenvalue weighted by molar-refractivity contribution is 7.16. The van der Waals surface area contributed by atoms with E-state index in [2.05, 4.69) is 10.3 Å². The van der Waals surface area contributed by atoms with Crippen molar-refractivity contribution in [3.05, 3.63) is 10.6 Å². The van der Waals surface area contributed by atoms with Gasteiger partial charge in [0, 0.05) is 17.5 Å². The Morgan fingerprint density at radius 3 is 2.74 bits per heavy atom. The molecule has 6 nitrogen and oxygen atoms in total. The summed E-state index contributed by atoms with van der Waals surface area (Å²) in [6, 6.07) is -0.267. The van der Waals surface area contributed by atoms with Crippen LogP contribution in [-0.4, -0.2) is 28.4 Å². The van der Waals surface area contributed by atoms with Crippen LogP contribution in [0.2, 0.25) is 0 Å². The highest BCUT2D eigenvalue weighted by Crippen LogP contribution is 2.28. The van der Waals surface area contributed by atoms with E-state index in [1.807, 2.05) is 6.92 Å². The van der Waals surface area contributed by atoms with E-state index >= 15 is 0 Å². The van der Waals surface area contributed by atoms with Gasteiger partial charge in [-0.3, -0.25) is 5.32 Å². The van der Waals surface area contributed by atoms with Crippen LogP contribution in [0.15, 0.2) is 0 Å². The van der Waals surface area contributed by atoms with E-state index in [1.165, 1.54) is 11.3 Å². The minimum absolute atomic E-state index is 0.0212. The number of amides is 1. The van der Waals surface area contributed by atoms with Crippen molar-refractivity contribution in [2.24, 2.45) is 5.73 Å². The number of aryl methyl sites for hydroxylation is 1. The van der Waals surface area contributed by atoms with Crippen molar-refractivity contribution in [1.29, 1.82) is 0 Å². The molecular weight excluding hydrogens is 266 g/mol. The molecule has 0 aliphatic carbocycles. The van der Waals surface area contributed by atoms with Crippen LogP contribution in [0.3, 0.4) is 0 Å². The van der Waals surface area contributed by atoms with Crippen LogP contribution in [0.5, 0.6) is 0 Å². The second-order valence-electron chi connectivity index (χ2n) is 5.21. The number of thiazole rings is 1. The van der Waals surface area contributed by atoms with Gasteiger partial charge >= 0.3 is 6.09 Å². The van der Waals surface area contributed by atoms with E-state index in [0.717, 1.165) is 10.6 Å². The van der Waals surface area contributed by atoms with Crippen molar-refractivity contribution in [3.63, 3.8) is 0 Å². The lowest BCUT2D eigenvalue weighted by Crippen LogP contribution is -2.27. The number of nitrogens with two attached hydrogens (primary N) is 1. The van der Waals surface area contributed by atoms with Gasteiger partial charge in [-0.1, -0.05) is 11.3 Å². The number of anilines is 1. The van der Waals surface area contributed by atoms with E-state index in [1.54, 1.807) is 20.8 Å². The molecule has 0 saturated carbocycles. The van der Waals surface area contributed by atoms with E-state index in [9.17, 15) is 4.79 Å². The molecule has 1 unspecified atom stereocenters. The zero-order chi connectivity index (χ0) is 14.6. The topological polar surface area (TPSA) is 97.5 Å². The van der Waals surface area contributed by atoms with Crippen molar-refractivity contribution < 1.29 is 14.6 Å². The summed E-state index contributed by atoms with van der Waals surface area (Å²) < 4.78 is 5.14. The average Bonchev–Trinajstić information content (AvgIpc) is 2.56. The number of aliphatic hydroxyl groups excluding tert-OH is 1. The smallest absolute Gasteiger partial charge is 0.413 e. The molecule has 0 aromatic carbocycles. The fourth-order valence-electron chi connectivity index (χ4n) is 1.47. The SMILES string of the molecule is Cc1nc(NC(=O)OC(C)(C)C)sc1C(N)CCO. The van der Waals surface area contributed by atoms with Gasteiger partial charge < -0.3 is 15.6 Å². The summed E-state index contributed by atoms with van der Waals surface area (Å²) in [6.07, 6.45) is -0.0712. The third-order valence-corrected chi connectivity index (χ3v) is 3.42. The van der Waals surface area contributed by atoms with Crippen LogP contribution < -0.4 is 11.1 Å². The fraction of sp³-hybridized carbons (Fsp3) is 0.667. The van der Waals surface area contributed by atoms with Gasteiger partial charge in [-0.2, -0.15) is 0 Å². The Labute approximate surface area is 117 Å². The van der Waals surface area contributed by atoms with Gasteiger partial charge in [-0.05, 0) is 34.1 Å². The monoisotopic (exact) mass is 287 g/mol. The molecule has 1 aromatic rings. The summed E-state index contributed by atoms with van der Waals surface area (Å²) in [7, 11) is 0. The molecule has 0 radical (unpaired) electrons. The number of hydrogen-bond donors (Lipinski definition) is 3. The first-order valence-corrected chi connectivity index (χ1v) is 6.88. The van der Waals surface area contributed by atoms with Crippen LogP contribution >= 0.6 is 11.3 Å². The van der Waals surface area contributed by atoms with Crippen molar-refractivity contribution in [3.8, 4) is 0 Å². The molecule has 0 spiro atoms. The van der Waals surface area contributed by atoms with Gasteiger partial charge in [0.05, 0.1) is 5.69 Å². The molecule has 1 amide bonds. The van der Waals surface area contributed by atoms with E-state index < -0.39 is 11.7 Å². The Hall–Kier alpha value is -1.18. The predicted molar refractivity (Wildman–Crippen MR) is 75.3 cm³/mol. The normalized spacial score (nSPS) is 13.2. The average molecular weight is 287 g/mol. The Morgan fingerprint density at radius 1 is 1.58 bits per heavy atom. The van der Waals surface area contributed by atoms with Crippen LogP contribution in [-0.2, 0) is 4.74 Å². The number of nitrogens with zero attached hydrogens (tertiary/aromatic N) is 1. The molecule has 0 aliphatic rings. The lowest BCUT2D eigenvalue weighted by atomic mass is 10.2. The quantitative estimate of drug-likeness (QED) is 0.788. The number of aliphatic hydroxyl groups is 1. The maximum absolute atomic E-state index is 11.6. The number of carbonyl (C=O) groups is 1. The minimum Gasteiger partial charge on any atom is -0.444 e. The first kappa shape index (κ1) is 15.9. The first-order valence-electron chi connectivity index (χ1n) is 6.06. The molecule has 1 aromatic heterocycles. The highest BCUT2D eigenvalue weighted by atomic mass is 32.1. The summed E-state index contributed by atoms with van der Waals surface area (Å²) in [5, 5.41) is 11.9. The van der Waals surface area contributed by atoms with E-state index in [4.69, 9.17) is 15.6 Å². The molecule has 0 fully saturated rings. The van der Waals surface area contributed by atoms with Crippen LogP contribution in [0.25, 0.3) is 0 Å². The standard InChI is InChI=1S/C12H21N3O3S/c1-7-9(8(13)5-6-16)19-10(14-7)15-11(17)18-12(2,3)4/h8,16H,5-6,13H2,1-4H3,(H,14,15,17). The fourth-order valence-corrected chi connectivity index (χ4v) is 2.45. The zero-order valence-electron chi connectivity index (χ0n) is 11.7. The molecule has 108 valence electrons. The first-order chi connectivity index (χ1) is 8.73. The van der Waals surface area contributed by atoms with Gasteiger partial charge in [0.2, 0.25) is 0 Å². The molecule has 1 heterocycles. The molecule has 19 heavy (non-hydrogen) atoms. The number of rotatable bonds is 4. The van der Waals surface area contributed by atoms with Gasteiger partial charge in [0.25, 0.3) is 0 Å². The van der Waals surface area contributed by atoms with Crippen molar-refractivity contribution >= 4 is 22.6 Å². The second kappa shape index (κ2) is 6.31. The largest absolute Gasteiger partial charge is 0.444 e. The lowest BCUT2D eigenvalue weighted by molar-refractivity contribution is 0.0636. The lowest BCUT2D eigenvalue weighted by Gasteiger charge is -2.18. The Bertz CT molecular complexity index is 440. The van der Waals surface area contributed by atoms with Gasteiger partial charge in [-0.15, -0.1) is 0 Å². The number of aromatic nitrogens is 1. The van der Waals surface area contributed by atoms with Gasteiger partial charge in [0.15, 0.2) is 5.13 Å². The summed E-state index contributed by atoms with van der Waals surface area (Å²) >= 11 is 1.30. The van der Waals surface area contributed by atoms with Crippen LogP contribution in [0.4, 0.5) is 9.93 Å².